The van der Waals surface area contributed by atoms with E-state index >= 15 is 4.39 Å². The molecule has 1 aliphatic heterocycles. The van der Waals surface area contributed by atoms with Gasteiger partial charge < -0.3 is 19.0 Å². The highest BCUT2D eigenvalue weighted by Crippen LogP contribution is 2.66. The van der Waals surface area contributed by atoms with Crippen LogP contribution in [0.4, 0.5) is 4.39 Å². The van der Waals surface area contributed by atoms with Crippen molar-refractivity contribution in [2.75, 3.05) is 6.61 Å². The third kappa shape index (κ3) is 5.72. The maximum atomic E-state index is 16.1. The predicted molar refractivity (Wildman–Crippen MR) is 139 cm³/mol. The Bertz CT molecular complexity index is 1380. The van der Waals surface area contributed by atoms with Gasteiger partial charge in [-0.15, -0.1) is 6.42 Å². The fraction of sp³-hybridized carbons (Fsp3) is 0.458. The molecule has 2 aromatic rings. The minimum atomic E-state index is -4.17. The van der Waals surface area contributed by atoms with Crippen LogP contribution in [0.3, 0.4) is 0 Å². The van der Waals surface area contributed by atoms with Gasteiger partial charge in [-0.2, -0.15) is 5.09 Å². The van der Waals surface area contributed by atoms with Gasteiger partial charge in [0.2, 0.25) is 5.67 Å². The fourth-order valence-electron chi connectivity index (χ4n) is 4.19. The molecule has 2 fully saturated rings. The van der Waals surface area contributed by atoms with E-state index < -0.39 is 43.2 Å². The quantitative estimate of drug-likeness (QED) is 0.177. The van der Waals surface area contributed by atoms with E-state index in [0.717, 1.165) is 0 Å². The number of fused-ring (bicyclic) bond motifs is 1. The largest absolute Gasteiger partial charge is 0.462 e. The molecular formula is C24H27FN3O6PS2. The first-order valence-corrected chi connectivity index (χ1v) is 13.9. The van der Waals surface area contributed by atoms with E-state index in [1.807, 2.05) is 0 Å². The van der Waals surface area contributed by atoms with Gasteiger partial charge in [-0.1, -0.05) is 36.3 Å². The highest BCUT2D eigenvalue weighted by molar-refractivity contribution is 7.72. The zero-order valence-electron chi connectivity index (χ0n) is 20.4. The van der Waals surface area contributed by atoms with Crippen LogP contribution in [-0.4, -0.2) is 45.5 Å². The topological polar surface area (TPSA) is 104 Å². The Morgan fingerprint density at radius 2 is 2.05 bits per heavy atom. The summed E-state index contributed by atoms with van der Waals surface area (Å²) < 4.78 is 54.4. The summed E-state index contributed by atoms with van der Waals surface area (Å²) in [5.74, 6) is 1.08. The molecule has 6 atom stereocenters. The molecule has 4 rings (SSSR count). The number of aromatic nitrogens is 2. The Kier molecular flexibility index (Phi) is 7.77. The molecule has 6 unspecified atom stereocenters. The number of terminal acetylenes is 1. The van der Waals surface area contributed by atoms with Crippen LogP contribution in [0, 0.1) is 27.7 Å². The predicted octanol–water partition coefficient (Wildman–Crippen LogP) is 5.04. The molecule has 198 valence electrons. The average molecular weight is 568 g/mol. The van der Waals surface area contributed by atoms with Crippen LogP contribution in [0.25, 0.3) is 0 Å². The molecule has 13 heteroatoms. The van der Waals surface area contributed by atoms with Crippen molar-refractivity contribution in [3.8, 4) is 18.1 Å². The van der Waals surface area contributed by atoms with Gasteiger partial charge in [0.1, 0.15) is 22.0 Å². The van der Waals surface area contributed by atoms with Gasteiger partial charge in [-0.3, -0.25) is 13.9 Å². The van der Waals surface area contributed by atoms with Crippen molar-refractivity contribution >= 4 is 38.2 Å². The van der Waals surface area contributed by atoms with Gasteiger partial charge in [0.25, 0.3) is 0 Å². The molecule has 9 nitrogen and oxygen atoms in total. The smallest absolute Gasteiger partial charge is 0.459 e. The molecule has 2 N–H and O–H groups in total. The summed E-state index contributed by atoms with van der Waals surface area (Å²) >= 11 is 10.4. The second kappa shape index (κ2) is 10.4. The van der Waals surface area contributed by atoms with Crippen LogP contribution in [0.2, 0.25) is 0 Å². The van der Waals surface area contributed by atoms with Crippen molar-refractivity contribution in [3.63, 3.8) is 0 Å². The van der Waals surface area contributed by atoms with Crippen molar-refractivity contribution < 1.29 is 32.3 Å². The summed E-state index contributed by atoms with van der Waals surface area (Å²) in [4.78, 5) is 15.1. The number of aromatic amines is 1. The molecule has 0 radical (unpaired) electrons. The number of alkyl halides is 1. The molecule has 2 aliphatic rings. The number of carbonyl (C=O) groups excluding carboxylic acids is 1. The summed E-state index contributed by atoms with van der Waals surface area (Å²) in [5, 5.41) is 2.61. The van der Waals surface area contributed by atoms with E-state index in [0.29, 0.717) is 4.64 Å². The van der Waals surface area contributed by atoms with Crippen LogP contribution >= 0.6 is 32.2 Å². The molecule has 0 amide bonds. The Labute approximate surface area is 224 Å². The molecule has 1 aromatic heterocycles. The highest BCUT2D eigenvalue weighted by Gasteiger charge is 2.76. The number of benzene rings is 1. The van der Waals surface area contributed by atoms with E-state index in [1.165, 1.54) is 17.7 Å². The summed E-state index contributed by atoms with van der Waals surface area (Å²) in [6.07, 6.45) is 5.72. The normalized spacial score (nSPS) is 28.5. The van der Waals surface area contributed by atoms with Crippen LogP contribution in [0.1, 0.15) is 33.4 Å². The summed E-state index contributed by atoms with van der Waals surface area (Å²) in [6, 6.07) is 8.82. The lowest BCUT2D eigenvalue weighted by molar-refractivity contribution is -0.149. The van der Waals surface area contributed by atoms with Gasteiger partial charge >= 0.3 is 13.7 Å². The summed E-state index contributed by atoms with van der Waals surface area (Å²) in [6.45, 7) is 4.55. The summed E-state index contributed by atoms with van der Waals surface area (Å²) in [5.41, 5.74) is -3.38. The number of ether oxygens (including phenoxy) is 2. The number of nitrogens with zero attached hydrogens (tertiary/aromatic N) is 1. The first kappa shape index (κ1) is 27.6. The number of halogens is 1. The molecule has 0 spiro atoms. The second-order valence-electron chi connectivity index (χ2n) is 9.23. The molecule has 1 aliphatic carbocycles. The fourth-order valence-corrected chi connectivity index (χ4v) is 6.23. The lowest BCUT2D eigenvalue weighted by atomic mass is 9.99. The molecular weight excluding hydrogens is 540 g/mol. The number of H-pyrrole nitrogens is 1. The Morgan fingerprint density at radius 1 is 1.35 bits per heavy atom. The van der Waals surface area contributed by atoms with E-state index in [9.17, 15) is 9.36 Å². The van der Waals surface area contributed by atoms with Crippen molar-refractivity contribution in [1.29, 1.82) is 0 Å². The number of hydrogen-bond acceptors (Lipinski definition) is 8. The van der Waals surface area contributed by atoms with Crippen LogP contribution in [-0.2, 0) is 23.4 Å². The van der Waals surface area contributed by atoms with Gasteiger partial charge in [-0.25, -0.2) is 8.96 Å². The van der Waals surface area contributed by atoms with Crippen LogP contribution in [0.5, 0.6) is 5.75 Å². The number of carbonyl (C=O) groups is 1. The van der Waals surface area contributed by atoms with Crippen LogP contribution in [0.15, 0.2) is 42.6 Å². The van der Waals surface area contributed by atoms with E-state index in [4.69, 9.17) is 49.4 Å². The second-order valence-corrected chi connectivity index (χ2v) is 11.8. The maximum Gasteiger partial charge on any atom is 0.459 e. The Balaban J connectivity index is 1.56. The van der Waals surface area contributed by atoms with Crippen molar-refractivity contribution in [2.45, 2.75) is 56.8 Å². The van der Waals surface area contributed by atoms with Crippen molar-refractivity contribution in [1.82, 2.24) is 14.6 Å². The third-order valence-electron chi connectivity index (χ3n) is 6.07. The van der Waals surface area contributed by atoms with Crippen molar-refractivity contribution in [3.05, 3.63) is 52.0 Å². The Morgan fingerprint density at radius 3 is 2.68 bits per heavy atom. The maximum absolute atomic E-state index is 16.1. The van der Waals surface area contributed by atoms with Gasteiger partial charge in [0, 0.05) is 12.1 Å². The lowest BCUT2D eigenvalue weighted by Crippen LogP contribution is -2.37. The molecule has 1 saturated heterocycles. The standard InChI is InChI=1S/C24H27FN3O6PS2/c1-5-24(25)18-13-23(18,33-21(24)28-12-11-19(36)26-22(28)37)14-31-35(30,34-17-9-7-6-8-10-17)27-16(4)20(29)32-15(2)3/h1,6-12,15-16,18,21H,13-14H2,2-4H3,(H,27,30)(H,26,36,37). The number of hydrogen-bond donors (Lipinski definition) is 2. The lowest BCUT2D eigenvalue weighted by Gasteiger charge is -2.27. The number of nitrogens with one attached hydrogen (secondary N) is 2. The van der Waals surface area contributed by atoms with E-state index in [2.05, 4.69) is 16.0 Å². The first-order chi connectivity index (χ1) is 17.4. The van der Waals surface area contributed by atoms with E-state index in [-0.39, 0.29) is 29.7 Å². The molecule has 1 saturated carbocycles. The number of esters is 1. The summed E-state index contributed by atoms with van der Waals surface area (Å²) in [7, 11) is -4.17. The van der Waals surface area contributed by atoms with Gasteiger partial charge in [0.05, 0.1) is 12.7 Å². The van der Waals surface area contributed by atoms with Gasteiger partial charge in [-0.05, 0) is 57.6 Å². The molecule has 1 aromatic carbocycles. The molecule has 2 heterocycles. The van der Waals surface area contributed by atoms with Crippen LogP contribution < -0.4 is 9.61 Å². The van der Waals surface area contributed by atoms with Gasteiger partial charge in [0.15, 0.2) is 11.0 Å². The SMILES string of the molecule is C#CC1(F)C(n2ccc(=S)[nH]c2=S)OC2(COP(=O)(NC(C)C(=O)OC(C)C)Oc3ccccc3)CC21. The van der Waals surface area contributed by atoms with E-state index in [1.54, 1.807) is 50.2 Å². The highest BCUT2D eigenvalue weighted by atomic mass is 32.1. The third-order valence-corrected chi connectivity index (χ3v) is 8.24. The minimum Gasteiger partial charge on any atom is -0.462 e. The first-order valence-electron chi connectivity index (χ1n) is 11.5. The molecule has 0 bridgehead atoms. The Hall–Kier alpha value is -2.39. The number of para-hydroxylation sites is 1. The zero-order valence-corrected chi connectivity index (χ0v) is 22.9. The average Bonchev–Trinajstić information content (AvgIpc) is 3.51. The monoisotopic (exact) mass is 567 g/mol. The van der Waals surface area contributed by atoms with Crippen molar-refractivity contribution in [2.24, 2.45) is 5.92 Å². The number of rotatable bonds is 10. The molecule has 37 heavy (non-hydrogen) atoms. The minimum absolute atomic E-state index is 0.143. The zero-order chi connectivity index (χ0) is 27.0.